The van der Waals surface area contributed by atoms with Crippen LogP contribution >= 0.6 is 0 Å². The van der Waals surface area contributed by atoms with E-state index in [9.17, 15) is 13.2 Å². The molecule has 0 bridgehead atoms. The topological polar surface area (TPSA) is 57.7 Å². The molecule has 0 N–H and O–H groups in total. The zero-order valence-electron chi connectivity index (χ0n) is 13.7. The number of sulfonamides is 1. The normalized spacial score (nSPS) is 17.5. The van der Waals surface area contributed by atoms with Crippen LogP contribution in [0.2, 0.25) is 0 Å². The number of hydrogen-bond acceptors (Lipinski definition) is 3. The first-order valence-corrected chi connectivity index (χ1v) is 9.29. The lowest BCUT2D eigenvalue weighted by Gasteiger charge is -2.38. The number of aryl methyl sites for hydroxylation is 1. The SMILES string of the molecule is Cc1ccccc1C(C)(C)C(=O)N1CCN(S(C)(=O)=O)CC1. The van der Waals surface area contributed by atoms with E-state index < -0.39 is 15.4 Å². The highest BCUT2D eigenvalue weighted by Crippen LogP contribution is 2.29. The van der Waals surface area contributed by atoms with E-state index in [4.69, 9.17) is 0 Å². The number of hydrogen-bond donors (Lipinski definition) is 0. The van der Waals surface area contributed by atoms with Gasteiger partial charge in [0.15, 0.2) is 0 Å². The molecule has 5 nitrogen and oxygen atoms in total. The third kappa shape index (κ3) is 3.33. The highest BCUT2D eigenvalue weighted by atomic mass is 32.2. The van der Waals surface area contributed by atoms with Crippen molar-refractivity contribution in [3.05, 3.63) is 35.4 Å². The quantitative estimate of drug-likeness (QED) is 0.844. The average molecular weight is 324 g/mol. The summed E-state index contributed by atoms with van der Waals surface area (Å²) < 4.78 is 24.5. The van der Waals surface area contributed by atoms with Crippen molar-refractivity contribution >= 4 is 15.9 Å². The predicted molar refractivity (Wildman–Crippen MR) is 87.2 cm³/mol. The van der Waals surface area contributed by atoms with Gasteiger partial charge < -0.3 is 4.90 Å². The second-order valence-corrected chi connectivity index (χ2v) is 8.38. The van der Waals surface area contributed by atoms with Crippen LogP contribution in [-0.4, -0.2) is 56.0 Å². The van der Waals surface area contributed by atoms with Gasteiger partial charge in [0.25, 0.3) is 0 Å². The van der Waals surface area contributed by atoms with Crippen LogP contribution in [0.25, 0.3) is 0 Å². The Morgan fingerprint density at radius 3 is 2.14 bits per heavy atom. The number of benzene rings is 1. The lowest BCUT2D eigenvalue weighted by atomic mass is 9.80. The van der Waals surface area contributed by atoms with Gasteiger partial charge in [0, 0.05) is 26.2 Å². The summed E-state index contributed by atoms with van der Waals surface area (Å²) in [6.45, 7) is 7.50. The molecule has 1 aliphatic rings. The van der Waals surface area contributed by atoms with Crippen LogP contribution in [0.4, 0.5) is 0 Å². The summed E-state index contributed by atoms with van der Waals surface area (Å²) in [5.74, 6) is 0.0509. The lowest BCUT2D eigenvalue weighted by molar-refractivity contribution is -0.137. The fourth-order valence-corrected chi connectivity index (χ4v) is 3.83. The van der Waals surface area contributed by atoms with Crippen LogP contribution < -0.4 is 0 Å². The fraction of sp³-hybridized carbons (Fsp3) is 0.562. The molecule has 1 aliphatic heterocycles. The summed E-state index contributed by atoms with van der Waals surface area (Å²) in [6, 6.07) is 7.90. The minimum atomic E-state index is -3.17. The van der Waals surface area contributed by atoms with Gasteiger partial charge in [-0.15, -0.1) is 0 Å². The molecule has 0 unspecified atom stereocenters. The van der Waals surface area contributed by atoms with E-state index in [0.717, 1.165) is 11.1 Å². The van der Waals surface area contributed by atoms with Crippen molar-refractivity contribution in [2.24, 2.45) is 0 Å². The van der Waals surface area contributed by atoms with Crippen molar-refractivity contribution in [2.45, 2.75) is 26.2 Å². The van der Waals surface area contributed by atoms with E-state index in [1.807, 2.05) is 45.0 Å². The average Bonchev–Trinajstić information content (AvgIpc) is 2.46. The third-order valence-corrected chi connectivity index (χ3v) is 5.65. The minimum absolute atomic E-state index is 0.0509. The van der Waals surface area contributed by atoms with Gasteiger partial charge in [-0.1, -0.05) is 24.3 Å². The molecule has 1 fully saturated rings. The molecule has 1 amide bonds. The number of amides is 1. The van der Waals surface area contributed by atoms with Gasteiger partial charge in [-0.3, -0.25) is 4.79 Å². The Bertz CT molecular complexity index is 660. The maximum Gasteiger partial charge on any atom is 0.232 e. The first kappa shape index (κ1) is 17.0. The molecule has 1 aromatic rings. The molecule has 6 heteroatoms. The zero-order valence-corrected chi connectivity index (χ0v) is 14.5. The van der Waals surface area contributed by atoms with Crippen molar-refractivity contribution in [1.82, 2.24) is 9.21 Å². The zero-order chi connectivity index (χ0) is 16.5. The van der Waals surface area contributed by atoms with E-state index in [2.05, 4.69) is 0 Å². The number of carbonyl (C=O) groups is 1. The molecule has 1 heterocycles. The van der Waals surface area contributed by atoms with Crippen molar-refractivity contribution in [2.75, 3.05) is 32.4 Å². The summed E-state index contributed by atoms with van der Waals surface area (Å²) in [5.41, 5.74) is 1.50. The number of piperazine rings is 1. The number of rotatable bonds is 3. The van der Waals surface area contributed by atoms with Crippen LogP contribution in [0.1, 0.15) is 25.0 Å². The first-order chi connectivity index (χ1) is 10.1. The van der Waals surface area contributed by atoms with Gasteiger partial charge in [-0.2, -0.15) is 4.31 Å². The van der Waals surface area contributed by atoms with Crippen LogP contribution in [-0.2, 0) is 20.2 Å². The maximum atomic E-state index is 12.9. The van der Waals surface area contributed by atoms with E-state index in [1.54, 1.807) is 4.90 Å². The Morgan fingerprint density at radius 1 is 1.09 bits per heavy atom. The minimum Gasteiger partial charge on any atom is -0.339 e. The summed E-state index contributed by atoms with van der Waals surface area (Å²) in [5, 5.41) is 0. The summed E-state index contributed by atoms with van der Waals surface area (Å²) in [6.07, 6.45) is 1.21. The molecule has 0 aliphatic carbocycles. The van der Waals surface area contributed by atoms with Crippen LogP contribution in [0.5, 0.6) is 0 Å². The first-order valence-electron chi connectivity index (χ1n) is 7.44. The summed E-state index contributed by atoms with van der Waals surface area (Å²) >= 11 is 0. The van der Waals surface area contributed by atoms with E-state index in [0.29, 0.717) is 26.2 Å². The van der Waals surface area contributed by atoms with Crippen LogP contribution in [0.3, 0.4) is 0 Å². The summed E-state index contributed by atoms with van der Waals surface area (Å²) in [7, 11) is -3.17. The molecule has 1 aromatic carbocycles. The largest absolute Gasteiger partial charge is 0.339 e. The highest BCUT2D eigenvalue weighted by Gasteiger charge is 2.36. The van der Waals surface area contributed by atoms with Crippen LogP contribution in [0.15, 0.2) is 24.3 Å². The maximum absolute atomic E-state index is 12.9. The Labute approximate surface area is 133 Å². The third-order valence-electron chi connectivity index (χ3n) is 4.35. The van der Waals surface area contributed by atoms with Crippen molar-refractivity contribution in [3.63, 3.8) is 0 Å². The Kier molecular flexibility index (Phi) is 4.63. The summed E-state index contributed by atoms with van der Waals surface area (Å²) in [4.78, 5) is 14.7. The molecule has 0 spiro atoms. The molecule has 1 saturated heterocycles. The Hall–Kier alpha value is -1.40. The molecule has 0 aromatic heterocycles. The fourth-order valence-electron chi connectivity index (χ4n) is 3.01. The molecular weight excluding hydrogens is 300 g/mol. The van der Waals surface area contributed by atoms with Crippen molar-refractivity contribution < 1.29 is 13.2 Å². The van der Waals surface area contributed by atoms with E-state index in [-0.39, 0.29) is 5.91 Å². The molecule has 2 rings (SSSR count). The van der Waals surface area contributed by atoms with Gasteiger partial charge in [0.1, 0.15) is 0 Å². The molecule has 122 valence electrons. The lowest BCUT2D eigenvalue weighted by Crippen LogP contribution is -2.54. The van der Waals surface area contributed by atoms with Gasteiger partial charge in [-0.25, -0.2) is 8.42 Å². The second-order valence-electron chi connectivity index (χ2n) is 6.39. The van der Waals surface area contributed by atoms with Gasteiger partial charge >= 0.3 is 0 Å². The molecule has 0 atom stereocenters. The van der Waals surface area contributed by atoms with Crippen LogP contribution in [0, 0.1) is 6.92 Å². The Morgan fingerprint density at radius 2 is 1.64 bits per heavy atom. The second kappa shape index (κ2) is 6.01. The monoisotopic (exact) mass is 324 g/mol. The van der Waals surface area contributed by atoms with E-state index in [1.165, 1.54) is 10.6 Å². The molecule has 22 heavy (non-hydrogen) atoms. The highest BCUT2D eigenvalue weighted by molar-refractivity contribution is 7.88. The molecule has 0 saturated carbocycles. The van der Waals surface area contributed by atoms with Gasteiger partial charge in [0.2, 0.25) is 15.9 Å². The Balaban J connectivity index is 2.14. The van der Waals surface area contributed by atoms with Crippen molar-refractivity contribution in [3.8, 4) is 0 Å². The predicted octanol–water partition coefficient (Wildman–Crippen LogP) is 1.38. The molecule has 0 radical (unpaired) electrons. The van der Waals surface area contributed by atoms with Crippen molar-refractivity contribution in [1.29, 1.82) is 0 Å². The van der Waals surface area contributed by atoms with Gasteiger partial charge in [-0.05, 0) is 31.9 Å². The number of carbonyl (C=O) groups excluding carboxylic acids is 1. The number of nitrogens with zero attached hydrogens (tertiary/aromatic N) is 2. The smallest absolute Gasteiger partial charge is 0.232 e. The standard InChI is InChI=1S/C16H24N2O3S/c1-13-7-5-6-8-14(13)16(2,3)15(19)17-9-11-18(12-10-17)22(4,20)21/h5-8H,9-12H2,1-4H3. The molecular formula is C16H24N2O3S. The van der Waals surface area contributed by atoms with E-state index >= 15 is 0 Å². The van der Waals surface area contributed by atoms with Gasteiger partial charge in [0.05, 0.1) is 11.7 Å².